The first-order chi connectivity index (χ1) is 13.4. The fourth-order valence-electron chi connectivity index (χ4n) is 4.46. The lowest BCUT2D eigenvalue weighted by Crippen LogP contribution is -2.72. The molecule has 0 aromatic heterocycles. The maximum Gasteiger partial charge on any atom is 0.249 e. The van der Waals surface area contributed by atoms with Crippen LogP contribution in [0.1, 0.15) is 43.7 Å². The fraction of sp³-hybridized carbons (Fsp3) is 0.391. The molecule has 0 atom stereocenters. The van der Waals surface area contributed by atoms with Crippen LogP contribution in [0.25, 0.3) is 0 Å². The highest BCUT2D eigenvalue weighted by Crippen LogP contribution is 2.51. The van der Waals surface area contributed by atoms with Crippen LogP contribution < -0.4 is 0 Å². The topological polar surface area (TPSA) is 40.6 Å². The average molecular weight is 397 g/mol. The number of hydrogen-bond donors (Lipinski definition) is 0. The minimum absolute atomic E-state index is 0.0155. The Hall–Kier alpha value is -2.33. The quantitative estimate of drug-likeness (QED) is 0.775. The van der Waals surface area contributed by atoms with Gasteiger partial charge in [0.25, 0.3) is 0 Å². The van der Waals surface area contributed by atoms with Crippen molar-refractivity contribution >= 4 is 23.4 Å². The van der Waals surface area contributed by atoms with E-state index in [9.17, 15) is 9.59 Å². The predicted octanol–water partition coefficient (Wildman–Crippen LogP) is 4.24. The Morgan fingerprint density at radius 3 is 2.29 bits per heavy atom. The number of piperazine rings is 1. The number of benzene rings is 2. The van der Waals surface area contributed by atoms with E-state index in [1.54, 1.807) is 4.90 Å². The van der Waals surface area contributed by atoms with E-state index >= 15 is 0 Å². The van der Waals surface area contributed by atoms with Crippen LogP contribution in [-0.2, 0) is 16.1 Å². The zero-order valence-corrected chi connectivity index (χ0v) is 17.0. The van der Waals surface area contributed by atoms with Crippen molar-refractivity contribution in [3.63, 3.8) is 0 Å². The standard InChI is InChI=1S/C23H25ClN2O2/c1-16(2)25-15-21(27)26(14-17-8-10-20(24)11-9-17)23(22(25)28)12-19(13-23)18-6-4-3-5-7-18/h3-11,16,19H,12-15H2,1-2H3. The van der Waals surface area contributed by atoms with E-state index < -0.39 is 5.54 Å². The van der Waals surface area contributed by atoms with E-state index in [0.717, 1.165) is 5.56 Å². The minimum atomic E-state index is -0.736. The van der Waals surface area contributed by atoms with Crippen LogP contribution in [0.5, 0.6) is 0 Å². The molecule has 4 nitrogen and oxygen atoms in total. The fourth-order valence-corrected chi connectivity index (χ4v) is 4.59. The maximum atomic E-state index is 13.5. The summed E-state index contributed by atoms with van der Waals surface area (Å²) in [5.41, 5.74) is 1.49. The van der Waals surface area contributed by atoms with Crippen molar-refractivity contribution in [2.45, 2.75) is 50.7 Å². The van der Waals surface area contributed by atoms with E-state index in [1.165, 1.54) is 5.56 Å². The average Bonchev–Trinajstić information content (AvgIpc) is 2.65. The molecule has 2 aromatic rings. The second kappa shape index (κ2) is 7.25. The molecule has 2 aliphatic rings. The van der Waals surface area contributed by atoms with Crippen molar-refractivity contribution in [3.8, 4) is 0 Å². The van der Waals surface area contributed by atoms with Crippen LogP contribution in [-0.4, -0.2) is 39.7 Å². The number of halogens is 1. The van der Waals surface area contributed by atoms with Crippen LogP contribution in [0.15, 0.2) is 54.6 Å². The van der Waals surface area contributed by atoms with Gasteiger partial charge in [-0.2, -0.15) is 0 Å². The Morgan fingerprint density at radius 2 is 1.68 bits per heavy atom. The highest BCUT2D eigenvalue weighted by Gasteiger charge is 2.60. The van der Waals surface area contributed by atoms with E-state index in [4.69, 9.17) is 11.6 Å². The summed E-state index contributed by atoms with van der Waals surface area (Å²) in [5.74, 6) is 0.413. The van der Waals surface area contributed by atoms with Crippen LogP contribution in [0.4, 0.5) is 0 Å². The number of rotatable bonds is 4. The van der Waals surface area contributed by atoms with Gasteiger partial charge < -0.3 is 9.80 Å². The molecule has 0 radical (unpaired) electrons. The zero-order chi connectivity index (χ0) is 19.9. The monoisotopic (exact) mass is 396 g/mol. The van der Waals surface area contributed by atoms with Gasteiger partial charge in [-0.1, -0.05) is 54.1 Å². The molecule has 5 heteroatoms. The van der Waals surface area contributed by atoms with Gasteiger partial charge in [0.15, 0.2) is 0 Å². The Morgan fingerprint density at radius 1 is 1.04 bits per heavy atom. The van der Waals surface area contributed by atoms with Crippen LogP contribution in [0, 0.1) is 0 Å². The molecule has 1 aliphatic heterocycles. The van der Waals surface area contributed by atoms with Crippen molar-refractivity contribution in [3.05, 3.63) is 70.7 Å². The second-order valence-electron chi connectivity index (χ2n) is 8.18. The number of nitrogens with zero attached hydrogens (tertiary/aromatic N) is 2. The Balaban J connectivity index is 1.64. The van der Waals surface area contributed by atoms with Gasteiger partial charge in [-0.3, -0.25) is 9.59 Å². The third-order valence-electron chi connectivity index (χ3n) is 6.10. The van der Waals surface area contributed by atoms with Gasteiger partial charge in [0.05, 0.1) is 0 Å². The molecule has 0 unspecified atom stereocenters. The molecular weight excluding hydrogens is 372 g/mol. The third kappa shape index (κ3) is 3.20. The van der Waals surface area contributed by atoms with Crippen molar-refractivity contribution in [1.29, 1.82) is 0 Å². The van der Waals surface area contributed by atoms with E-state index in [1.807, 2.05) is 61.2 Å². The lowest BCUT2D eigenvalue weighted by atomic mass is 9.63. The number of hydrogen-bond acceptors (Lipinski definition) is 2. The third-order valence-corrected chi connectivity index (χ3v) is 6.35. The van der Waals surface area contributed by atoms with Gasteiger partial charge in [-0.25, -0.2) is 0 Å². The SMILES string of the molecule is CC(C)N1CC(=O)N(Cc2ccc(Cl)cc2)C2(CC(c3ccccc3)C2)C1=O. The van der Waals surface area contributed by atoms with Crippen molar-refractivity contribution in [2.24, 2.45) is 0 Å². The summed E-state index contributed by atoms with van der Waals surface area (Å²) in [5, 5.41) is 0.665. The smallest absolute Gasteiger partial charge is 0.249 e. The molecule has 1 aliphatic carbocycles. The van der Waals surface area contributed by atoms with Crippen LogP contribution >= 0.6 is 11.6 Å². The first-order valence-electron chi connectivity index (χ1n) is 9.81. The van der Waals surface area contributed by atoms with Crippen molar-refractivity contribution in [1.82, 2.24) is 9.80 Å². The molecular formula is C23H25ClN2O2. The van der Waals surface area contributed by atoms with E-state index in [0.29, 0.717) is 30.3 Å². The van der Waals surface area contributed by atoms with Gasteiger partial charge in [0, 0.05) is 17.6 Å². The van der Waals surface area contributed by atoms with Gasteiger partial charge in [0.2, 0.25) is 11.8 Å². The molecule has 28 heavy (non-hydrogen) atoms. The lowest BCUT2D eigenvalue weighted by molar-refractivity contribution is -0.176. The summed E-state index contributed by atoms with van der Waals surface area (Å²) >= 11 is 6.00. The van der Waals surface area contributed by atoms with Gasteiger partial charge in [-0.05, 0) is 55.9 Å². The first kappa shape index (κ1) is 19.0. The predicted molar refractivity (Wildman–Crippen MR) is 110 cm³/mol. The largest absolute Gasteiger partial charge is 0.329 e. The molecule has 1 saturated heterocycles. The molecule has 1 spiro atoms. The Kier molecular flexibility index (Phi) is 4.92. The van der Waals surface area contributed by atoms with Crippen LogP contribution in [0.3, 0.4) is 0 Å². The summed E-state index contributed by atoms with van der Waals surface area (Å²) in [7, 11) is 0. The number of carbonyl (C=O) groups excluding carboxylic acids is 2. The summed E-state index contributed by atoms with van der Waals surface area (Å²) in [6, 6.07) is 17.8. The molecule has 0 bridgehead atoms. The number of amides is 2. The highest BCUT2D eigenvalue weighted by molar-refractivity contribution is 6.30. The normalized spacial score (nSPS) is 24.8. The molecule has 1 heterocycles. The van der Waals surface area contributed by atoms with Gasteiger partial charge in [-0.15, -0.1) is 0 Å². The Labute approximate surface area is 171 Å². The van der Waals surface area contributed by atoms with E-state index in [-0.39, 0.29) is 24.4 Å². The zero-order valence-electron chi connectivity index (χ0n) is 16.3. The second-order valence-corrected chi connectivity index (χ2v) is 8.62. The summed E-state index contributed by atoms with van der Waals surface area (Å²) in [6.45, 7) is 4.54. The van der Waals surface area contributed by atoms with Crippen LogP contribution in [0.2, 0.25) is 5.02 Å². The van der Waals surface area contributed by atoms with Crippen molar-refractivity contribution < 1.29 is 9.59 Å². The summed E-state index contributed by atoms with van der Waals surface area (Å²) < 4.78 is 0. The highest BCUT2D eigenvalue weighted by atomic mass is 35.5. The molecule has 2 amide bonds. The molecule has 1 saturated carbocycles. The maximum absolute atomic E-state index is 13.5. The Bertz CT molecular complexity index is 873. The molecule has 146 valence electrons. The molecule has 0 N–H and O–H groups in total. The van der Waals surface area contributed by atoms with E-state index in [2.05, 4.69) is 12.1 Å². The van der Waals surface area contributed by atoms with Crippen molar-refractivity contribution in [2.75, 3.05) is 6.54 Å². The summed E-state index contributed by atoms with van der Waals surface area (Å²) in [4.78, 5) is 30.1. The molecule has 4 rings (SSSR count). The summed E-state index contributed by atoms with van der Waals surface area (Å²) in [6.07, 6.45) is 1.36. The lowest BCUT2D eigenvalue weighted by Gasteiger charge is -2.57. The first-order valence-corrected chi connectivity index (χ1v) is 10.2. The molecule has 2 aromatic carbocycles. The molecule has 2 fully saturated rings. The minimum Gasteiger partial charge on any atom is -0.329 e. The number of carbonyl (C=O) groups is 2. The van der Waals surface area contributed by atoms with Gasteiger partial charge >= 0.3 is 0 Å². The van der Waals surface area contributed by atoms with Gasteiger partial charge in [0.1, 0.15) is 12.1 Å².